The molecule has 5 nitrogen and oxygen atoms in total. The van der Waals surface area contributed by atoms with E-state index in [2.05, 4.69) is 13.2 Å². The van der Waals surface area contributed by atoms with Crippen molar-refractivity contribution in [3.8, 4) is 11.5 Å². The first-order chi connectivity index (χ1) is 10.1. The molecule has 0 aromatic heterocycles. The number of benzene rings is 2. The van der Waals surface area contributed by atoms with Crippen LogP contribution in [-0.2, 0) is 9.59 Å². The van der Waals surface area contributed by atoms with E-state index in [1.165, 1.54) is 6.07 Å². The summed E-state index contributed by atoms with van der Waals surface area (Å²) in [7, 11) is 0. The van der Waals surface area contributed by atoms with E-state index >= 15 is 0 Å². The minimum absolute atomic E-state index is 0.177. The largest absolute Gasteiger partial charge is 0.423 e. The molecule has 0 saturated carbocycles. The van der Waals surface area contributed by atoms with E-state index < -0.39 is 11.9 Å². The molecule has 0 aliphatic carbocycles. The molecule has 0 amide bonds. The van der Waals surface area contributed by atoms with Gasteiger partial charge in [-0.15, -0.1) is 0 Å². The van der Waals surface area contributed by atoms with Crippen LogP contribution >= 0.6 is 0 Å². The zero-order chi connectivity index (χ0) is 15.4. The second kappa shape index (κ2) is 5.92. The Bertz CT molecular complexity index is 749. The molecule has 2 aromatic rings. The number of rotatable bonds is 4. The number of nitrogens with two attached hydrogens (primary N) is 1. The fraction of sp³-hybridized carbons (Fsp3) is 0. The number of anilines is 1. The van der Waals surface area contributed by atoms with Gasteiger partial charge in [0.2, 0.25) is 0 Å². The number of esters is 2. The highest BCUT2D eigenvalue weighted by Crippen LogP contribution is 2.38. The lowest BCUT2D eigenvalue weighted by molar-refractivity contribution is -0.129. The molecule has 0 aliphatic heterocycles. The van der Waals surface area contributed by atoms with Crippen molar-refractivity contribution in [1.82, 2.24) is 0 Å². The van der Waals surface area contributed by atoms with E-state index in [0.29, 0.717) is 10.8 Å². The molecule has 21 heavy (non-hydrogen) atoms. The van der Waals surface area contributed by atoms with Crippen LogP contribution in [0.4, 0.5) is 5.69 Å². The van der Waals surface area contributed by atoms with Gasteiger partial charge >= 0.3 is 11.9 Å². The van der Waals surface area contributed by atoms with Crippen molar-refractivity contribution < 1.29 is 19.1 Å². The molecule has 5 heteroatoms. The van der Waals surface area contributed by atoms with Gasteiger partial charge in [0.25, 0.3) is 0 Å². The van der Waals surface area contributed by atoms with Gasteiger partial charge in [-0.2, -0.15) is 0 Å². The fourth-order valence-corrected chi connectivity index (χ4v) is 1.83. The molecule has 0 unspecified atom stereocenters. The molecule has 0 radical (unpaired) electrons. The number of hydrogen-bond donors (Lipinski definition) is 1. The quantitative estimate of drug-likeness (QED) is 0.404. The lowest BCUT2D eigenvalue weighted by Crippen LogP contribution is -2.08. The molecule has 0 spiro atoms. The number of carbonyl (C=O) groups is 2. The molecule has 2 rings (SSSR count). The van der Waals surface area contributed by atoms with Gasteiger partial charge in [0, 0.05) is 29.0 Å². The van der Waals surface area contributed by atoms with Gasteiger partial charge in [-0.05, 0) is 0 Å². The maximum atomic E-state index is 11.4. The van der Waals surface area contributed by atoms with Gasteiger partial charge in [-0.25, -0.2) is 9.59 Å². The maximum absolute atomic E-state index is 11.4. The highest BCUT2D eigenvalue weighted by atomic mass is 16.5. The summed E-state index contributed by atoms with van der Waals surface area (Å²) in [5.41, 5.74) is 6.06. The predicted octanol–water partition coefficient (Wildman–Crippen LogP) is 2.60. The van der Waals surface area contributed by atoms with Crippen LogP contribution in [0.2, 0.25) is 0 Å². The fourth-order valence-electron chi connectivity index (χ4n) is 1.83. The first-order valence-electron chi connectivity index (χ1n) is 6.06. The van der Waals surface area contributed by atoms with E-state index in [9.17, 15) is 9.59 Å². The van der Waals surface area contributed by atoms with Crippen LogP contribution in [0.25, 0.3) is 10.8 Å². The monoisotopic (exact) mass is 283 g/mol. The standard InChI is InChI=1S/C16H13NO4/c1-3-14(18)20-13-9-12(17)16(21-15(19)4-2)11-8-6-5-7-10(11)13/h3-9H,1-2,17H2. The van der Waals surface area contributed by atoms with Gasteiger partial charge < -0.3 is 15.2 Å². The molecule has 0 fully saturated rings. The smallest absolute Gasteiger partial charge is 0.335 e. The minimum atomic E-state index is -0.623. The number of fused-ring (bicyclic) bond motifs is 1. The zero-order valence-electron chi connectivity index (χ0n) is 11.2. The average Bonchev–Trinajstić information content (AvgIpc) is 2.50. The van der Waals surface area contributed by atoms with E-state index in [4.69, 9.17) is 15.2 Å². The van der Waals surface area contributed by atoms with Gasteiger partial charge in [-0.3, -0.25) is 0 Å². The second-order valence-corrected chi connectivity index (χ2v) is 4.09. The topological polar surface area (TPSA) is 78.6 Å². The molecule has 0 aliphatic rings. The third-order valence-electron chi connectivity index (χ3n) is 2.73. The molecule has 0 atom stereocenters. The van der Waals surface area contributed by atoms with Crippen LogP contribution in [0, 0.1) is 0 Å². The van der Waals surface area contributed by atoms with E-state index in [1.54, 1.807) is 24.3 Å². The minimum Gasteiger partial charge on any atom is -0.423 e. The van der Waals surface area contributed by atoms with Crippen LogP contribution in [-0.4, -0.2) is 11.9 Å². The number of nitrogen functional groups attached to an aromatic ring is 1. The Hall–Kier alpha value is -3.08. The first-order valence-corrected chi connectivity index (χ1v) is 6.06. The lowest BCUT2D eigenvalue weighted by Gasteiger charge is -2.13. The number of carbonyl (C=O) groups excluding carboxylic acids is 2. The molecular weight excluding hydrogens is 270 g/mol. The van der Waals surface area contributed by atoms with Crippen LogP contribution in [0.3, 0.4) is 0 Å². The van der Waals surface area contributed by atoms with Crippen LogP contribution in [0.15, 0.2) is 55.6 Å². The van der Waals surface area contributed by atoms with Crippen molar-refractivity contribution >= 4 is 28.4 Å². The van der Waals surface area contributed by atoms with Crippen molar-refractivity contribution in [3.63, 3.8) is 0 Å². The Morgan fingerprint density at radius 3 is 2.19 bits per heavy atom. The number of ether oxygens (including phenoxy) is 2. The van der Waals surface area contributed by atoms with Crippen molar-refractivity contribution in [1.29, 1.82) is 0 Å². The summed E-state index contributed by atoms with van der Waals surface area (Å²) in [5.74, 6) is -0.751. The van der Waals surface area contributed by atoms with Gasteiger partial charge in [0.15, 0.2) is 5.75 Å². The Labute approximate surface area is 121 Å². The molecule has 0 bridgehead atoms. The van der Waals surface area contributed by atoms with E-state index in [1.807, 2.05) is 0 Å². The Morgan fingerprint density at radius 1 is 1.00 bits per heavy atom. The van der Waals surface area contributed by atoms with Crippen LogP contribution in [0.5, 0.6) is 11.5 Å². The normalized spacial score (nSPS) is 9.90. The number of hydrogen-bond acceptors (Lipinski definition) is 5. The summed E-state index contributed by atoms with van der Waals surface area (Å²) in [5, 5.41) is 1.15. The van der Waals surface area contributed by atoms with Crippen molar-refractivity contribution in [2.24, 2.45) is 0 Å². The highest BCUT2D eigenvalue weighted by Gasteiger charge is 2.15. The predicted molar refractivity (Wildman–Crippen MR) is 80.0 cm³/mol. The molecular formula is C16H13NO4. The van der Waals surface area contributed by atoms with E-state index in [0.717, 1.165) is 12.2 Å². The molecule has 2 aromatic carbocycles. The zero-order valence-corrected chi connectivity index (χ0v) is 11.2. The Kier molecular flexibility index (Phi) is 4.04. The molecule has 0 saturated heterocycles. The van der Waals surface area contributed by atoms with Crippen molar-refractivity contribution in [2.75, 3.05) is 5.73 Å². The van der Waals surface area contributed by atoms with E-state index in [-0.39, 0.29) is 17.2 Å². The summed E-state index contributed by atoms with van der Waals surface area (Å²) >= 11 is 0. The van der Waals surface area contributed by atoms with Gasteiger partial charge in [0.05, 0.1) is 5.69 Å². The summed E-state index contributed by atoms with van der Waals surface area (Å²) in [6.45, 7) is 6.68. The molecule has 0 heterocycles. The SMILES string of the molecule is C=CC(=O)Oc1cc(N)c(OC(=O)C=C)c2ccccc12. The first kappa shape index (κ1) is 14.3. The summed E-state index contributed by atoms with van der Waals surface area (Å²) < 4.78 is 10.3. The summed E-state index contributed by atoms with van der Waals surface area (Å²) in [6, 6.07) is 8.39. The van der Waals surface area contributed by atoms with Crippen LogP contribution < -0.4 is 15.2 Å². The molecule has 106 valence electrons. The van der Waals surface area contributed by atoms with Gasteiger partial charge in [-0.1, -0.05) is 37.4 Å². The third-order valence-corrected chi connectivity index (χ3v) is 2.73. The van der Waals surface area contributed by atoms with Crippen molar-refractivity contribution in [3.05, 3.63) is 55.6 Å². The lowest BCUT2D eigenvalue weighted by atomic mass is 10.1. The van der Waals surface area contributed by atoms with Crippen LogP contribution in [0.1, 0.15) is 0 Å². The third kappa shape index (κ3) is 2.92. The highest BCUT2D eigenvalue weighted by molar-refractivity contribution is 6.01. The second-order valence-electron chi connectivity index (χ2n) is 4.09. The maximum Gasteiger partial charge on any atom is 0.335 e. The summed E-state index contributed by atoms with van der Waals surface area (Å²) in [4.78, 5) is 22.8. The van der Waals surface area contributed by atoms with Gasteiger partial charge in [0.1, 0.15) is 5.75 Å². The summed E-state index contributed by atoms with van der Waals surface area (Å²) in [6.07, 6.45) is 2.09. The molecule has 2 N–H and O–H groups in total. The Balaban J connectivity index is 2.62. The average molecular weight is 283 g/mol. The Morgan fingerprint density at radius 2 is 1.57 bits per heavy atom. The van der Waals surface area contributed by atoms with Crippen molar-refractivity contribution in [2.45, 2.75) is 0 Å².